The number of hydrogen-bond acceptors (Lipinski definition) is 6. The van der Waals surface area contributed by atoms with Crippen LogP contribution in [0.5, 0.6) is 0 Å². The van der Waals surface area contributed by atoms with Gasteiger partial charge >= 0.3 is 0 Å². The number of carbonyl (C=O) groups is 1. The molecule has 1 aromatic heterocycles. The van der Waals surface area contributed by atoms with Crippen LogP contribution in [0.25, 0.3) is 0 Å². The Morgan fingerprint density at radius 2 is 1.81 bits per heavy atom. The van der Waals surface area contributed by atoms with E-state index in [1.165, 1.54) is 41.5 Å². The number of hydrogen-bond donors (Lipinski definition) is 2. The van der Waals surface area contributed by atoms with Crippen LogP contribution in [0.4, 0.5) is 5.13 Å². The number of nitrogens with zero attached hydrogens (tertiary/aromatic N) is 2. The van der Waals surface area contributed by atoms with Gasteiger partial charge in [-0.1, -0.05) is 75.1 Å². The van der Waals surface area contributed by atoms with Crippen molar-refractivity contribution in [1.29, 1.82) is 0 Å². The Morgan fingerprint density at radius 3 is 2.41 bits per heavy atom. The standard InChI is InChI=1S/C20H28N4OS2/c1-12(2)14-5-7-15(8-6-14)18(13(3)4)22-17(25)11-26-20-24-23-19(27-20)21-16-9-10-16/h5-8,12-13,16,18H,9-11H2,1-4H3,(H,21,23)(H,22,25)/t18-/m1/s1. The first-order chi connectivity index (χ1) is 12.9. The molecule has 7 heteroatoms. The van der Waals surface area contributed by atoms with Crippen molar-refractivity contribution in [3.8, 4) is 0 Å². The lowest BCUT2D eigenvalue weighted by Crippen LogP contribution is -2.33. The van der Waals surface area contributed by atoms with Gasteiger partial charge in [0, 0.05) is 6.04 Å². The summed E-state index contributed by atoms with van der Waals surface area (Å²) < 4.78 is 0.829. The van der Waals surface area contributed by atoms with E-state index < -0.39 is 0 Å². The first-order valence-corrected chi connectivity index (χ1v) is 11.3. The molecule has 0 spiro atoms. The van der Waals surface area contributed by atoms with Crippen LogP contribution in [0.2, 0.25) is 0 Å². The molecule has 0 aliphatic heterocycles. The molecule has 3 rings (SSSR count). The van der Waals surface area contributed by atoms with Crippen LogP contribution in [0.1, 0.15) is 63.6 Å². The van der Waals surface area contributed by atoms with Crippen LogP contribution in [0, 0.1) is 5.92 Å². The fourth-order valence-electron chi connectivity index (χ4n) is 2.79. The SMILES string of the molecule is CC(C)c1ccc([C@H](NC(=O)CSc2nnc(NC3CC3)s2)C(C)C)cc1. The molecule has 1 saturated carbocycles. The van der Waals surface area contributed by atoms with E-state index in [-0.39, 0.29) is 11.9 Å². The Bertz CT molecular complexity index is 754. The monoisotopic (exact) mass is 404 g/mol. The normalized spacial score (nSPS) is 15.2. The van der Waals surface area contributed by atoms with Gasteiger partial charge in [-0.25, -0.2) is 0 Å². The Balaban J connectivity index is 1.54. The van der Waals surface area contributed by atoms with Gasteiger partial charge in [-0.05, 0) is 35.8 Å². The number of rotatable bonds is 9. The molecule has 0 radical (unpaired) electrons. The number of carbonyl (C=O) groups excluding carboxylic acids is 1. The van der Waals surface area contributed by atoms with Gasteiger partial charge in [0.25, 0.3) is 0 Å². The van der Waals surface area contributed by atoms with Crippen LogP contribution >= 0.6 is 23.1 Å². The molecule has 2 aromatic rings. The maximum atomic E-state index is 12.5. The molecule has 0 unspecified atom stereocenters. The fourth-order valence-corrected chi connectivity index (χ4v) is 4.43. The van der Waals surface area contributed by atoms with E-state index in [1.807, 2.05) is 0 Å². The van der Waals surface area contributed by atoms with Crippen LogP contribution in [-0.4, -0.2) is 27.9 Å². The predicted molar refractivity (Wildman–Crippen MR) is 114 cm³/mol. The van der Waals surface area contributed by atoms with Crippen molar-refractivity contribution in [3.05, 3.63) is 35.4 Å². The molecule has 1 amide bonds. The van der Waals surface area contributed by atoms with E-state index in [1.54, 1.807) is 0 Å². The zero-order chi connectivity index (χ0) is 19.4. The Labute approximate surface area is 169 Å². The topological polar surface area (TPSA) is 66.9 Å². The summed E-state index contributed by atoms with van der Waals surface area (Å²) >= 11 is 2.96. The van der Waals surface area contributed by atoms with Crippen molar-refractivity contribution in [1.82, 2.24) is 15.5 Å². The zero-order valence-corrected chi connectivity index (χ0v) is 18.0. The van der Waals surface area contributed by atoms with Gasteiger partial charge in [-0.2, -0.15) is 0 Å². The lowest BCUT2D eigenvalue weighted by atomic mass is 9.93. The highest BCUT2D eigenvalue weighted by molar-refractivity contribution is 8.01. The summed E-state index contributed by atoms with van der Waals surface area (Å²) in [5, 5.41) is 15.7. The van der Waals surface area contributed by atoms with Crippen molar-refractivity contribution >= 4 is 34.1 Å². The third kappa shape index (κ3) is 5.94. The quantitative estimate of drug-likeness (QED) is 0.585. The summed E-state index contributed by atoms with van der Waals surface area (Å²) in [7, 11) is 0. The summed E-state index contributed by atoms with van der Waals surface area (Å²) in [6, 6.07) is 9.16. The molecular formula is C20H28N4OS2. The molecule has 1 fully saturated rings. The molecule has 0 bridgehead atoms. The number of benzene rings is 1. The smallest absolute Gasteiger partial charge is 0.230 e. The van der Waals surface area contributed by atoms with Gasteiger partial charge in [-0.3, -0.25) is 4.79 Å². The Morgan fingerprint density at radius 1 is 1.15 bits per heavy atom. The highest BCUT2D eigenvalue weighted by atomic mass is 32.2. The molecule has 1 heterocycles. The van der Waals surface area contributed by atoms with E-state index >= 15 is 0 Å². The highest BCUT2D eigenvalue weighted by Gasteiger charge is 2.23. The summed E-state index contributed by atoms with van der Waals surface area (Å²) in [6.07, 6.45) is 2.42. The van der Waals surface area contributed by atoms with Crippen molar-refractivity contribution in [3.63, 3.8) is 0 Å². The van der Waals surface area contributed by atoms with Gasteiger partial charge in [-0.15, -0.1) is 10.2 Å². The molecule has 1 aromatic carbocycles. The molecule has 5 nitrogen and oxygen atoms in total. The molecule has 0 saturated heterocycles. The first kappa shape index (κ1) is 20.1. The number of nitrogens with one attached hydrogen (secondary N) is 2. The number of amides is 1. The second-order valence-corrected chi connectivity index (χ2v) is 9.89. The summed E-state index contributed by atoms with van der Waals surface area (Å²) in [6.45, 7) is 8.64. The molecule has 27 heavy (non-hydrogen) atoms. The van der Waals surface area contributed by atoms with Crippen molar-refractivity contribution in [2.24, 2.45) is 5.92 Å². The largest absolute Gasteiger partial charge is 0.357 e. The summed E-state index contributed by atoms with van der Waals surface area (Å²) in [5.74, 6) is 1.21. The van der Waals surface area contributed by atoms with E-state index in [2.05, 4.69) is 72.8 Å². The van der Waals surface area contributed by atoms with E-state index in [4.69, 9.17) is 0 Å². The summed E-state index contributed by atoms with van der Waals surface area (Å²) in [4.78, 5) is 12.5. The third-order valence-electron chi connectivity index (χ3n) is 4.58. The first-order valence-electron chi connectivity index (χ1n) is 9.54. The van der Waals surface area contributed by atoms with E-state index in [0.717, 1.165) is 15.0 Å². The predicted octanol–water partition coefficient (Wildman–Crippen LogP) is 4.84. The second kappa shape index (κ2) is 9.06. The molecule has 1 aliphatic rings. The zero-order valence-electron chi connectivity index (χ0n) is 16.4. The minimum atomic E-state index is 0.0147. The van der Waals surface area contributed by atoms with Crippen LogP contribution < -0.4 is 10.6 Å². The van der Waals surface area contributed by atoms with Gasteiger partial charge in [0.15, 0.2) is 4.34 Å². The van der Waals surface area contributed by atoms with E-state index in [9.17, 15) is 4.79 Å². The lowest BCUT2D eigenvalue weighted by Gasteiger charge is -2.23. The molecular weight excluding hydrogens is 376 g/mol. The van der Waals surface area contributed by atoms with Gasteiger partial charge in [0.2, 0.25) is 11.0 Å². The molecule has 2 N–H and O–H groups in total. The maximum absolute atomic E-state index is 12.5. The van der Waals surface area contributed by atoms with Crippen LogP contribution in [0.3, 0.4) is 0 Å². The molecule has 1 atom stereocenters. The fraction of sp³-hybridized carbons (Fsp3) is 0.550. The van der Waals surface area contributed by atoms with Gasteiger partial charge < -0.3 is 10.6 Å². The van der Waals surface area contributed by atoms with Crippen molar-refractivity contribution < 1.29 is 4.79 Å². The number of anilines is 1. The number of thioether (sulfide) groups is 1. The minimum Gasteiger partial charge on any atom is -0.357 e. The maximum Gasteiger partial charge on any atom is 0.230 e. The second-order valence-electron chi connectivity index (χ2n) is 7.69. The minimum absolute atomic E-state index is 0.0147. The Hall–Kier alpha value is -1.60. The van der Waals surface area contributed by atoms with Gasteiger partial charge in [0.05, 0.1) is 11.8 Å². The average molecular weight is 405 g/mol. The molecule has 146 valence electrons. The highest BCUT2D eigenvalue weighted by Crippen LogP contribution is 2.30. The van der Waals surface area contributed by atoms with Crippen LogP contribution in [-0.2, 0) is 4.79 Å². The molecule has 1 aliphatic carbocycles. The third-order valence-corrected chi connectivity index (χ3v) is 6.57. The number of aromatic nitrogens is 2. The van der Waals surface area contributed by atoms with Gasteiger partial charge in [0.1, 0.15) is 0 Å². The average Bonchev–Trinajstić information content (AvgIpc) is 3.34. The van der Waals surface area contributed by atoms with Crippen molar-refractivity contribution in [2.75, 3.05) is 11.1 Å². The summed E-state index contributed by atoms with van der Waals surface area (Å²) in [5.41, 5.74) is 2.47. The Kier molecular flexibility index (Phi) is 6.76. The van der Waals surface area contributed by atoms with E-state index in [0.29, 0.717) is 23.6 Å². The van der Waals surface area contributed by atoms with Crippen LogP contribution in [0.15, 0.2) is 28.6 Å². The lowest BCUT2D eigenvalue weighted by molar-refractivity contribution is -0.119. The van der Waals surface area contributed by atoms with Crippen molar-refractivity contribution in [2.45, 2.75) is 62.9 Å².